The monoisotopic (exact) mass is 366 g/mol. The summed E-state index contributed by atoms with van der Waals surface area (Å²) in [5.74, 6) is 0.264. The molecule has 0 bridgehead atoms. The number of amides is 2. The van der Waals surface area contributed by atoms with E-state index in [4.69, 9.17) is 5.73 Å². The largest absolute Gasteiger partial charge is 0.395 e. The molecule has 3 N–H and O–H groups in total. The first-order chi connectivity index (χ1) is 12.0. The SMILES string of the molecule is Nc1nc(CCC(=O)N2CCC[C@@]3(CCC(=O)N(CCO)C3)C2)cs1. The highest BCUT2D eigenvalue weighted by Crippen LogP contribution is 2.39. The molecule has 0 saturated carbocycles. The summed E-state index contributed by atoms with van der Waals surface area (Å²) in [6.07, 6.45) is 4.41. The third kappa shape index (κ3) is 4.30. The van der Waals surface area contributed by atoms with Gasteiger partial charge in [0, 0.05) is 49.8 Å². The van der Waals surface area contributed by atoms with Gasteiger partial charge in [-0.25, -0.2) is 4.98 Å². The van der Waals surface area contributed by atoms with Crippen molar-refractivity contribution in [2.45, 2.75) is 38.5 Å². The summed E-state index contributed by atoms with van der Waals surface area (Å²) in [5.41, 5.74) is 6.50. The molecule has 0 aliphatic carbocycles. The van der Waals surface area contributed by atoms with Gasteiger partial charge in [-0.3, -0.25) is 9.59 Å². The number of hydrogen-bond acceptors (Lipinski definition) is 6. The van der Waals surface area contributed by atoms with Gasteiger partial charge in [0.2, 0.25) is 11.8 Å². The molecule has 25 heavy (non-hydrogen) atoms. The van der Waals surface area contributed by atoms with Crippen LogP contribution in [-0.2, 0) is 16.0 Å². The molecular formula is C17H26N4O3S. The van der Waals surface area contributed by atoms with Crippen molar-refractivity contribution >= 4 is 28.3 Å². The van der Waals surface area contributed by atoms with E-state index in [0.717, 1.165) is 31.5 Å². The topological polar surface area (TPSA) is 99.8 Å². The number of nitrogens with two attached hydrogens (primary N) is 1. The Balaban J connectivity index is 1.58. The third-order valence-corrected chi connectivity index (χ3v) is 6.02. The molecule has 2 aliphatic rings. The van der Waals surface area contributed by atoms with Gasteiger partial charge in [-0.05, 0) is 25.7 Å². The third-order valence-electron chi connectivity index (χ3n) is 5.30. The number of nitrogens with zero attached hydrogens (tertiary/aromatic N) is 3. The summed E-state index contributed by atoms with van der Waals surface area (Å²) in [5, 5.41) is 11.6. The van der Waals surface area contributed by atoms with Crippen LogP contribution in [0.4, 0.5) is 5.13 Å². The minimum absolute atomic E-state index is 0.0119. The van der Waals surface area contributed by atoms with Gasteiger partial charge in [0.05, 0.1) is 12.3 Å². The number of aliphatic hydroxyl groups is 1. The molecule has 1 spiro atoms. The zero-order valence-corrected chi connectivity index (χ0v) is 15.3. The number of hydrogen-bond donors (Lipinski definition) is 2. The second-order valence-electron chi connectivity index (χ2n) is 7.13. The van der Waals surface area contributed by atoms with Crippen LogP contribution in [0.3, 0.4) is 0 Å². The van der Waals surface area contributed by atoms with E-state index in [1.54, 1.807) is 4.90 Å². The van der Waals surface area contributed by atoms with Crippen molar-refractivity contribution in [3.8, 4) is 0 Å². The van der Waals surface area contributed by atoms with Crippen LogP contribution in [0.25, 0.3) is 0 Å². The van der Waals surface area contributed by atoms with E-state index in [0.29, 0.717) is 44.0 Å². The second kappa shape index (κ2) is 7.70. The molecule has 2 amide bonds. The number of thiazole rings is 1. The van der Waals surface area contributed by atoms with E-state index >= 15 is 0 Å². The van der Waals surface area contributed by atoms with Gasteiger partial charge >= 0.3 is 0 Å². The molecule has 1 aromatic rings. The van der Waals surface area contributed by atoms with Gasteiger partial charge in [-0.1, -0.05) is 0 Å². The van der Waals surface area contributed by atoms with Gasteiger partial charge in [0.25, 0.3) is 0 Å². The van der Waals surface area contributed by atoms with Gasteiger partial charge in [-0.15, -0.1) is 11.3 Å². The van der Waals surface area contributed by atoms with Crippen LogP contribution in [0.2, 0.25) is 0 Å². The molecule has 0 unspecified atom stereocenters. The fourth-order valence-corrected chi connectivity index (χ4v) is 4.61. The van der Waals surface area contributed by atoms with E-state index in [9.17, 15) is 14.7 Å². The van der Waals surface area contributed by atoms with Gasteiger partial charge in [0.1, 0.15) is 0 Å². The van der Waals surface area contributed by atoms with Gasteiger partial charge < -0.3 is 20.6 Å². The van der Waals surface area contributed by atoms with Crippen molar-refractivity contribution in [2.24, 2.45) is 5.41 Å². The molecule has 1 aromatic heterocycles. The number of piperidine rings is 2. The lowest BCUT2D eigenvalue weighted by molar-refractivity contribution is -0.143. The minimum atomic E-state index is -0.0127. The molecule has 3 rings (SSSR count). The van der Waals surface area contributed by atoms with E-state index in [2.05, 4.69) is 4.98 Å². The van der Waals surface area contributed by atoms with Crippen LogP contribution < -0.4 is 5.73 Å². The van der Waals surface area contributed by atoms with Crippen molar-refractivity contribution in [2.75, 3.05) is 38.5 Å². The maximum absolute atomic E-state index is 12.6. The number of carbonyl (C=O) groups excluding carboxylic acids is 2. The lowest BCUT2D eigenvalue weighted by Crippen LogP contribution is -2.55. The van der Waals surface area contributed by atoms with Crippen molar-refractivity contribution in [3.05, 3.63) is 11.1 Å². The Morgan fingerprint density at radius 1 is 1.40 bits per heavy atom. The summed E-state index contributed by atoms with van der Waals surface area (Å²) in [4.78, 5) is 32.5. The number of anilines is 1. The summed E-state index contributed by atoms with van der Waals surface area (Å²) in [6.45, 7) is 2.52. The molecule has 2 aliphatic heterocycles. The van der Waals surface area contributed by atoms with E-state index in [-0.39, 0.29) is 23.8 Å². The van der Waals surface area contributed by atoms with E-state index in [1.807, 2.05) is 10.3 Å². The average Bonchev–Trinajstić information content (AvgIpc) is 3.02. The Hall–Kier alpha value is -1.67. The fraction of sp³-hybridized carbons (Fsp3) is 0.706. The molecule has 0 radical (unpaired) electrons. The predicted octanol–water partition coefficient (Wildman–Crippen LogP) is 0.881. The van der Waals surface area contributed by atoms with Crippen molar-refractivity contribution in [3.63, 3.8) is 0 Å². The highest BCUT2D eigenvalue weighted by molar-refractivity contribution is 7.13. The Morgan fingerprint density at radius 3 is 2.96 bits per heavy atom. The van der Waals surface area contributed by atoms with E-state index in [1.165, 1.54) is 11.3 Å². The van der Waals surface area contributed by atoms with Crippen LogP contribution in [0.1, 0.15) is 37.8 Å². The number of carbonyl (C=O) groups is 2. The molecule has 138 valence electrons. The highest BCUT2D eigenvalue weighted by Gasteiger charge is 2.42. The van der Waals surface area contributed by atoms with Gasteiger partial charge in [-0.2, -0.15) is 0 Å². The zero-order valence-electron chi connectivity index (χ0n) is 14.4. The number of aliphatic hydroxyl groups excluding tert-OH is 1. The Labute approximate surface area is 151 Å². The van der Waals surface area contributed by atoms with Crippen LogP contribution in [0.5, 0.6) is 0 Å². The summed E-state index contributed by atoms with van der Waals surface area (Å²) < 4.78 is 0. The van der Waals surface area contributed by atoms with Crippen molar-refractivity contribution in [1.29, 1.82) is 0 Å². The Morgan fingerprint density at radius 2 is 2.24 bits per heavy atom. The summed E-state index contributed by atoms with van der Waals surface area (Å²) >= 11 is 1.40. The molecule has 0 aromatic carbocycles. The quantitative estimate of drug-likeness (QED) is 0.806. The number of rotatable bonds is 5. The predicted molar refractivity (Wildman–Crippen MR) is 96.0 cm³/mol. The minimum Gasteiger partial charge on any atom is -0.395 e. The lowest BCUT2D eigenvalue weighted by Gasteiger charge is -2.48. The van der Waals surface area contributed by atoms with Crippen LogP contribution in [0.15, 0.2) is 5.38 Å². The first-order valence-electron chi connectivity index (χ1n) is 8.88. The summed E-state index contributed by atoms with van der Waals surface area (Å²) in [6, 6.07) is 0. The van der Waals surface area contributed by atoms with Crippen molar-refractivity contribution < 1.29 is 14.7 Å². The second-order valence-corrected chi connectivity index (χ2v) is 8.02. The maximum atomic E-state index is 12.6. The number of likely N-dealkylation sites (tertiary alicyclic amines) is 2. The summed E-state index contributed by atoms with van der Waals surface area (Å²) in [7, 11) is 0. The van der Waals surface area contributed by atoms with Crippen LogP contribution in [0, 0.1) is 5.41 Å². The van der Waals surface area contributed by atoms with Crippen LogP contribution in [-0.4, -0.2) is 64.5 Å². The molecule has 8 heteroatoms. The number of nitrogen functional groups attached to an aromatic ring is 1. The Bertz CT molecular complexity index is 635. The molecule has 7 nitrogen and oxygen atoms in total. The normalized spacial score (nSPS) is 24.1. The lowest BCUT2D eigenvalue weighted by atomic mass is 9.73. The first-order valence-corrected chi connectivity index (χ1v) is 9.76. The standard InChI is InChI=1S/C17H26N4O3S/c18-16-19-13(10-25-16)2-3-14(23)20-7-1-5-17(11-20)6-4-15(24)21(12-17)8-9-22/h10,22H,1-9,11-12H2,(H2,18,19)/t17-/m1/s1. The first kappa shape index (κ1) is 18.1. The highest BCUT2D eigenvalue weighted by atomic mass is 32.1. The van der Waals surface area contributed by atoms with E-state index < -0.39 is 0 Å². The maximum Gasteiger partial charge on any atom is 0.222 e. The number of β-amino-alcohol motifs (C(OH)–C–C–N with tert-alkyl or cyclic N) is 1. The fourth-order valence-electron chi connectivity index (χ4n) is 4.01. The van der Waals surface area contributed by atoms with Gasteiger partial charge in [0.15, 0.2) is 5.13 Å². The molecule has 1 atom stereocenters. The zero-order chi connectivity index (χ0) is 17.9. The van der Waals surface area contributed by atoms with Crippen LogP contribution >= 0.6 is 11.3 Å². The Kier molecular flexibility index (Phi) is 5.58. The average molecular weight is 366 g/mol. The molecule has 3 heterocycles. The number of aromatic nitrogens is 1. The smallest absolute Gasteiger partial charge is 0.222 e. The van der Waals surface area contributed by atoms with Crippen molar-refractivity contribution in [1.82, 2.24) is 14.8 Å². The molecule has 2 fully saturated rings. The molecular weight excluding hydrogens is 340 g/mol. The molecule has 2 saturated heterocycles. The number of aryl methyl sites for hydroxylation is 1.